The third kappa shape index (κ3) is 5.66. The van der Waals surface area contributed by atoms with Gasteiger partial charge in [0.1, 0.15) is 12.1 Å². The van der Waals surface area contributed by atoms with Gasteiger partial charge in [-0.15, -0.1) is 0 Å². The molecule has 1 N–H and O–H groups in total. The highest BCUT2D eigenvalue weighted by molar-refractivity contribution is 9.10. The molecule has 2 aromatic carbocycles. The second-order valence-electron chi connectivity index (χ2n) is 10.5. The largest absolute Gasteiger partial charge is 0.493 e. The van der Waals surface area contributed by atoms with Crippen molar-refractivity contribution in [1.82, 2.24) is 14.9 Å². The van der Waals surface area contributed by atoms with Gasteiger partial charge >= 0.3 is 0 Å². The van der Waals surface area contributed by atoms with E-state index in [2.05, 4.69) is 50.0 Å². The van der Waals surface area contributed by atoms with Crippen LogP contribution in [0.25, 0.3) is 10.9 Å². The summed E-state index contributed by atoms with van der Waals surface area (Å²) in [4.78, 5) is 11.4. The van der Waals surface area contributed by atoms with Crippen molar-refractivity contribution in [3.63, 3.8) is 0 Å². The van der Waals surface area contributed by atoms with Crippen LogP contribution >= 0.6 is 27.5 Å². The van der Waals surface area contributed by atoms with E-state index >= 15 is 0 Å². The minimum Gasteiger partial charge on any atom is -0.493 e. The van der Waals surface area contributed by atoms with E-state index in [1.54, 1.807) is 19.2 Å². The summed E-state index contributed by atoms with van der Waals surface area (Å²) in [7, 11) is 1.62. The molecule has 0 spiro atoms. The minimum atomic E-state index is -0.556. The van der Waals surface area contributed by atoms with Gasteiger partial charge < -0.3 is 19.7 Å². The number of benzene rings is 2. The van der Waals surface area contributed by atoms with Gasteiger partial charge in [-0.25, -0.2) is 14.4 Å². The highest BCUT2D eigenvalue weighted by Crippen LogP contribution is 2.43. The van der Waals surface area contributed by atoms with Gasteiger partial charge in [0, 0.05) is 35.6 Å². The molecule has 3 aromatic rings. The van der Waals surface area contributed by atoms with Crippen LogP contribution in [0.2, 0.25) is 5.02 Å². The molecule has 0 amide bonds. The Morgan fingerprint density at radius 2 is 1.95 bits per heavy atom. The lowest BCUT2D eigenvalue weighted by atomic mass is 10.0. The highest BCUT2D eigenvalue weighted by atomic mass is 79.9. The summed E-state index contributed by atoms with van der Waals surface area (Å²) in [6.07, 6.45) is 5.13. The van der Waals surface area contributed by atoms with Crippen molar-refractivity contribution >= 4 is 49.9 Å². The van der Waals surface area contributed by atoms with Crippen LogP contribution in [0, 0.1) is 29.5 Å². The smallest absolute Gasteiger partial charge is 0.166 e. The SMILES string of the molecule is CCC(C)CN1C[C@H]2C[C@H](COc3cc4ncnc(Nc5ccc(Br)c(Cl)c5F)c4cc3OC)C[C@H]2C1. The Kier molecular flexibility index (Phi) is 8.07. The van der Waals surface area contributed by atoms with Crippen molar-refractivity contribution in [3.8, 4) is 11.5 Å². The van der Waals surface area contributed by atoms with Crippen LogP contribution in [-0.2, 0) is 0 Å². The molecule has 9 heteroatoms. The van der Waals surface area contributed by atoms with Crippen molar-refractivity contribution in [3.05, 3.63) is 45.9 Å². The van der Waals surface area contributed by atoms with E-state index in [4.69, 9.17) is 21.1 Å². The summed E-state index contributed by atoms with van der Waals surface area (Å²) >= 11 is 9.30. The number of hydrogen-bond acceptors (Lipinski definition) is 6. The molecule has 2 aliphatic rings. The zero-order valence-corrected chi connectivity index (χ0v) is 23.8. The number of aromatic nitrogens is 2. The van der Waals surface area contributed by atoms with Gasteiger partial charge in [0.2, 0.25) is 0 Å². The predicted octanol–water partition coefficient (Wildman–Crippen LogP) is 7.32. The summed E-state index contributed by atoms with van der Waals surface area (Å²) in [6, 6.07) is 7.00. The summed E-state index contributed by atoms with van der Waals surface area (Å²) in [5, 5.41) is 3.75. The molecule has 1 saturated carbocycles. The second kappa shape index (κ2) is 11.3. The monoisotopic (exact) mass is 590 g/mol. The third-order valence-corrected chi connectivity index (χ3v) is 9.13. The molecule has 4 atom stereocenters. The molecule has 2 heterocycles. The number of likely N-dealkylation sites (tertiary alicyclic amines) is 1. The summed E-state index contributed by atoms with van der Waals surface area (Å²) in [5.41, 5.74) is 0.905. The molecule has 198 valence electrons. The fourth-order valence-corrected chi connectivity index (χ4v) is 6.24. The van der Waals surface area contributed by atoms with Crippen molar-refractivity contribution in [1.29, 1.82) is 0 Å². The average molecular weight is 592 g/mol. The first-order valence-corrected chi connectivity index (χ1v) is 14.1. The molecular weight excluding hydrogens is 559 g/mol. The van der Waals surface area contributed by atoms with Gasteiger partial charge in [-0.1, -0.05) is 31.9 Å². The maximum Gasteiger partial charge on any atom is 0.166 e. The van der Waals surface area contributed by atoms with E-state index in [1.165, 1.54) is 45.2 Å². The molecule has 0 bridgehead atoms. The van der Waals surface area contributed by atoms with Crippen LogP contribution in [-0.4, -0.2) is 48.2 Å². The first-order valence-electron chi connectivity index (χ1n) is 12.9. The Hall–Kier alpha value is -2.16. The van der Waals surface area contributed by atoms with E-state index in [-0.39, 0.29) is 10.7 Å². The van der Waals surface area contributed by atoms with E-state index in [1.807, 2.05) is 12.1 Å². The predicted molar refractivity (Wildman–Crippen MR) is 150 cm³/mol. The maximum atomic E-state index is 14.7. The number of ether oxygens (including phenoxy) is 2. The Bertz CT molecular complexity index is 1260. The fourth-order valence-electron chi connectivity index (χ4n) is 5.77. The van der Waals surface area contributed by atoms with Crippen LogP contribution in [0.15, 0.2) is 35.1 Å². The Morgan fingerprint density at radius 3 is 2.65 bits per heavy atom. The van der Waals surface area contributed by atoms with Crippen molar-refractivity contribution in [2.45, 2.75) is 33.1 Å². The van der Waals surface area contributed by atoms with Crippen molar-refractivity contribution in [2.75, 3.05) is 38.7 Å². The normalized spacial score (nSPS) is 22.3. The first kappa shape index (κ1) is 26.4. The fraction of sp³-hybridized carbons (Fsp3) is 0.500. The van der Waals surface area contributed by atoms with Gasteiger partial charge in [0.05, 0.1) is 29.9 Å². The van der Waals surface area contributed by atoms with Crippen LogP contribution < -0.4 is 14.8 Å². The number of rotatable bonds is 9. The van der Waals surface area contributed by atoms with Gasteiger partial charge in [0.25, 0.3) is 0 Å². The van der Waals surface area contributed by atoms with E-state index in [0.29, 0.717) is 45.2 Å². The number of nitrogens with one attached hydrogen (secondary N) is 1. The van der Waals surface area contributed by atoms with Crippen LogP contribution in [0.3, 0.4) is 0 Å². The molecular formula is C28H33BrClFN4O2. The zero-order valence-electron chi connectivity index (χ0n) is 21.4. The van der Waals surface area contributed by atoms with Gasteiger partial charge in [-0.2, -0.15) is 0 Å². The van der Waals surface area contributed by atoms with Crippen molar-refractivity contribution < 1.29 is 13.9 Å². The minimum absolute atomic E-state index is 0.0101. The number of nitrogens with zero attached hydrogens (tertiary/aromatic N) is 3. The lowest BCUT2D eigenvalue weighted by Crippen LogP contribution is -2.27. The van der Waals surface area contributed by atoms with E-state index in [9.17, 15) is 4.39 Å². The van der Waals surface area contributed by atoms with Gasteiger partial charge in [-0.05, 0) is 70.6 Å². The van der Waals surface area contributed by atoms with Crippen LogP contribution in [0.4, 0.5) is 15.9 Å². The standard InChI is InChI=1S/C28H33BrClFN4O2/c1-4-16(2)11-35-12-18-7-17(8-19(18)13-35)14-37-25-10-23-20(9-24(25)36-3)28(33-15-32-23)34-22-6-5-21(29)26(30)27(22)31/h5-6,9-10,15-19H,4,7-8,11-14H2,1-3H3,(H,32,33,34)/t16?,17-,18+,19-. The van der Waals surface area contributed by atoms with E-state index < -0.39 is 5.82 Å². The third-order valence-electron chi connectivity index (χ3n) is 7.87. The molecule has 0 radical (unpaired) electrons. The lowest BCUT2D eigenvalue weighted by molar-refractivity contribution is 0.214. The molecule has 1 aliphatic carbocycles. The van der Waals surface area contributed by atoms with Crippen molar-refractivity contribution in [2.24, 2.45) is 23.7 Å². The summed E-state index contributed by atoms with van der Waals surface area (Å²) in [6.45, 7) is 8.96. The van der Waals surface area contributed by atoms with Crippen LogP contribution in [0.5, 0.6) is 11.5 Å². The number of fused-ring (bicyclic) bond motifs is 2. The summed E-state index contributed by atoms with van der Waals surface area (Å²) < 4.78 is 27.1. The Labute approximate surface area is 231 Å². The second-order valence-corrected chi connectivity index (χ2v) is 11.7. The Morgan fingerprint density at radius 1 is 1.19 bits per heavy atom. The van der Waals surface area contributed by atoms with Gasteiger partial charge in [-0.3, -0.25) is 0 Å². The molecule has 1 saturated heterocycles. The first-order chi connectivity index (χ1) is 17.9. The summed E-state index contributed by atoms with van der Waals surface area (Å²) in [5.74, 6) is 4.04. The molecule has 1 aliphatic heterocycles. The molecule has 1 unspecified atom stereocenters. The van der Waals surface area contributed by atoms with Crippen LogP contribution in [0.1, 0.15) is 33.1 Å². The number of halogens is 3. The topological polar surface area (TPSA) is 59.5 Å². The molecule has 5 rings (SSSR count). The quantitative estimate of drug-likeness (QED) is 0.263. The molecule has 1 aromatic heterocycles. The number of hydrogen-bond donors (Lipinski definition) is 1. The van der Waals surface area contributed by atoms with E-state index in [0.717, 1.165) is 17.8 Å². The Balaban J connectivity index is 1.27. The molecule has 6 nitrogen and oxygen atoms in total. The number of methoxy groups -OCH3 is 1. The average Bonchev–Trinajstić information content (AvgIpc) is 3.45. The molecule has 2 fully saturated rings. The van der Waals surface area contributed by atoms with Gasteiger partial charge in [0.15, 0.2) is 17.3 Å². The lowest BCUT2D eigenvalue weighted by Gasteiger charge is -2.22. The zero-order chi connectivity index (χ0) is 26.1. The molecule has 37 heavy (non-hydrogen) atoms. The number of anilines is 2. The highest BCUT2D eigenvalue weighted by Gasteiger charge is 2.41. The maximum absolute atomic E-state index is 14.7.